The van der Waals surface area contributed by atoms with E-state index in [1.54, 1.807) is 0 Å². The summed E-state index contributed by atoms with van der Waals surface area (Å²) in [4.78, 5) is 2.28. The Kier molecular flexibility index (Phi) is 5.21. The highest BCUT2D eigenvalue weighted by molar-refractivity contribution is 9.10. The zero-order valence-electron chi connectivity index (χ0n) is 12.0. The van der Waals surface area contributed by atoms with Crippen molar-refractivity contribution in [2.75, 3.05) is 11.9 Å². The van der Waals surface area contributed by atoms with Crippen LogP contribution in [0.25, 0.3) is 0 Å². The van der Waals surface area contributed by atoms with E-state index in [1.165, 1.54) is 16.8 Å². The van der Waals surface area contributed by atoms with Crippen LogP contribution in [0.15, 0.2) is 53.0 Å². The van der Waals surface area contributed by atoms with Gasteiger partial charge in [-0.25, -0.2) is 0 Å². The number of nitrogens with zero attached hydrogens (tertiary/aromatic N) is 1. The molecule has 0 saturated carbocycles. The van der Waals surface area contributed by atoms with Gasteiger partial charge >= 0.3 is 0 Å². The molecule has 2 aromatic rings. The van der Waals surface area contributed by atoms with E-state index in [4.69, 9.17) is 5.73 Å². The van der Waals surface area contributed by atoms with Crippen molar-refractivity contribution >= 4 is 21.6 Å². The van der Waals surface area contributed by atoms with Crippen LogP contribution < -0.4 is 10.6 Å². The lowest BCUT2D eigenvalue weighted by Crippen LogP contribution is -2.22. The number of hydrogen-bond donors (Lipinski definition) is 1. The number of hydrogen-bond acceptors (Lipinski definition) is 2. The van der Waals surface area contributed by atoms with Gasteiger partial charge in [0.25, 0.3) is 0 Å². The third-order valence-corrected chi connectivity index (χ3v) is 4.08. The maximum absolute atomic E-state index is 5.94. The van der Waals surface area contributed by atoms with E-state index in [0.29, 0.717) is 0 Å². The molecule has 0 heterocycles. The first kappa shape index (κ1) is 15.1. The lowest BCUT2D eigenvalue weighted by Gasteiger charge is -2.24. The number of para-hydroxylation sites is 1. The van der Waals surface area contributed by atoms with Gasteiger partial charge in [0, 0.05) is 29.8 Å². The summed E-state index contributed by atoms with van der Waals surface area (Å²) < 4.78 is 1.15. The third-order valence-electron chi connectivity index (χ3n) is 3.31. The van der Waals surface area contributed by atoms with Crippen LogP contribution in [0.4, 0.5) is 5.69 Å². The second-order valence-corrected chi connectivity index (χ2v) is 6.11. The normalized spacial score (nSPS) is 12.2. The highest BCUT2D eigenvalue weighted by atomic mass is 79.9. The van der Waals surface area contributed by atoms with Crippen LogP contribution in [0.2, 0.25) is 0 Å². The zero-order valence-corrected chi connectivity index (χ0v) is 13.6. The Balaban J connectivity index is 2.21. The van der Waals surface area contributed by atoms with E-state index in [9.17, 15) is 0 Å². The molecule has 20 heavy (non-hydrogen) atoms. The number of halogens is 1. The summed E-state index contributed by atoms with van der Waals surface area (Å²) in [5.41, 5.74) is 9.78. The molecule has 0 bridgehead atoms. The van der Waals surface area contributed by atoms with Crippen LogP contribution in [-0.2, 0) is 13.0 Å². The van der Waals surface area contributed by atoms with Gasteiger partial charge in [0.15, 0.2) is 0 Å². The van der Waals surface area contributed by atoms with Gasteiger partial charge < -0.3 is 10.6 Å². The second kappa shape index (κ2) is 6.91. The van der Waals surface area contributed by atoms with Crippen molar-refractivity contribution in [3.63, 3.8) is 0 Å². The van der Waals surface area contributed by atoms with Gasteiger partial charge in [0.05, 0.1) is 0 Å². The topological polar surface area (TPSA) is 29.3 Å². The summed E-state index contributed by atoms with van der Waals surface area (Å²) in [5, 5.41) is 0. The number of anilines is 1. The molecule has 0 radical (unpaired) electrons. The Hall–Kier alpha value is -1.32. The molecule has 0 amide bonds. The zero-order chi connectivity index (χ0) is 14.5. The van der Waals surface area contributed by atoms with E-state index < -0.39 is 0 Å². The molecule has 0 aliphatic heterocycles. The fraction of sp³-hybridized carbons (Fsp3) is 0.294. The first-order valence-electron chi connectivity index (χ1n) is 6.86. The minimum atomic E-state index is 0.174. The van der Waals surface area contributed by atoms with Crippen molar-refractivity contribution < 1.29 is 0 Å². The predicted molar refractivity (Wildman–Crippen MR) is 90.0 cm³/mol. The fourth-order valence-electron chi connectivity index (χ4n) is 2.37. The van der Waals surface area contributed by atoms with Crippen LogP contribution in [0.5, 0.6) is 0 Å². The van der Waals surface area contributed by atoms with Gasteiger partial charge in [-0.15, -0.1) is 0 Å². The smallest absolute Gasteiger partial charge is 0.0437 e. The molecular weight excluding hydrogens is 312 g/mol. The molecule has 0 fully saturated rings. The summed E-state index contributed by atoms with van der Waals surface area (Å²) in [5.74, 6) is 0. The molecule has 2 nitrogen and oxygen atoms in total. The lowest BCUT2D eigenvalue weighted by molar-refractivity contribution is 0.734. The van der Waals surface area contributed by atoms with Crippen LogP contribution in [0, 0.1) is 0 Å². The van der Waals surface area contributed by atoms with Crippen LogP contribution >= 0.6 is 15.9 Å². The van der Waals surface area contributed by atoms with Gasteiger partial charge in [-0.1, -0.05) is 52.3 Å². The first-order chi connectivity index (χ1) is 9.58. The predicted octanol–water partition coefficient (Wildman–Crippen LogP) is 3.98. The van der Waals surface area contributed by atoms with Gasteiger partial charge in [-0.3, -0.25) is 0 Å². The Labute approximate surface area is 129 Å². The molecule has 0 aliphatic rings. The lowest BCUT2D eigenvalue weighted by atomic mass is 10.0. The Morgan fingerprint density at radius 2 is 1.65 bits per heavy atom. The van der Waals surface area contributed by atoms with E-state index in [2.05, 4.69) is 70.3 Å². The second-order valence-electron chi connectivity index (χ2n) is 5.26. The summed E-state index contributed by atoms with van der Waals surface area (Å²) in [6.45, 7) is 2.92. The molecule has 2 rings (SSSR count). The summed E-state index contributed by atoms with van der Waals surface area (Å²) in [6, 6.07) is 17.0. The van der Waals surface area contributed by atoms with E-state index in [-0.39, 0.29) is 6.04 Å². The molecule has 2 aromatic carbocycles. The molecule has 0 aromatic heterocycles. The molecule has 2 N–H and O–H groups in total. The SMILES string of the molecule is CC(N)Cc1ccccc1N(C)Cc1ccccc1Br. The summed E-state index contributed by atoms with van der Waals surface area (Å²) in [6.07, 6.45) is 0.899. The number of rotatable bonds is 5. The van der Waals surface area contributed by atoms with Crippen molar-refractivity contribution in [2.24, 2.45) is 5.73 Å². The molecule has 0 saturated heterocycles. The summed E-state index contributed by atoms with van der Waals surface area (Å²) >= 11 is 3.61. The Morgan fingerprint density at radius 3 is 2.30 bits per heavy atom. The van der Waals surface area contributed by atoms with E-state index in [0.717, 1.165) is 17.4 Å². The average Bonchev–Trinajstić information content (AvgIpc) is 2.41. The maximum Gasteiger partial charge on any atom is 0.0437 e. The minimum absolute atomic E-state index is 0.174. The maximum atomic E-state index is 5.94. The van der Waals surface area contributed by atoms with Gasteiger partial charge in [-0.05, 0) is 36.6 Å². The van der Waals surface area contributed by atoms with Gasteiger partial charge in [0.2, 0.25) is 0 Å². The molecule has 3 heteroatoms. The highest BCUT2D eigenvalue weighted by Gasteiger charge is 2.10. The first-order valence-corrected chi connectivity index (χ1v) is 7.65. The Bertz CT molecular complexity index is 566. The monoisotopic (exact) mass is 332 g/mol. The highest BCUT2D eigenvalue weighted by Crippen LogP contribution is 2.24. The summed E-state index contributed by atoms with van der Waals surface area (Å²) in [7, 11) is 2.12. The van der Waals surface area contributed by atoms with Gasteiger partial charge in [0.1, 0.15) is 0 Å². The number of nitrogens with two attached hydrogens (primary N) is 1. The fourth-order valence-corrected chi connectivity index (χ4v) is 2.78. The quantitative estimate of drug-likeness (QED) is 0.897. The van der Waals surface area contributed by atoms with Crippen molar-refractivity contribution in [2.45, 2.75) is 25.9 Å². The molecular formula is C17H21BrN2. The standard InChI is InChI=1S/C17H21BrN2/c1-13(19)11-14-7-4-6-10-17(14)20(2)12-15-8-3-5-9-16(15)18/h3-10,13H,11-12,19H2,1-2H3. The molecule has 0 spiro atoms. The molecule has 1 unspecified atom stereocenters. The largest absolute Gasteiger partial charge is 0.370 e. The molecule has 0 aliphatic carbocycles. The van der Waals surface area contributed by atoms with Crippen molar-refractivity contribution in [1.82, 2.24) is 0 Å². The van der Waals surface area contributed by atoms with Crippen LogP contribution in [-0.4, -0.2) is 13.1 Å². The minimum Gasteiger partial charge on any atom is -0.370 e. The Morgan fingerprint density at radius 1 is 1.05 bits per heavy atom. The average molecular weight is 333 g/mol. The van der Waals surface area contributed by atoms with Gasteiger partial charge in [-0.2, -0.15) is 0 Å². The van der Waals surface area contributed by atoms with Crippen molar-refractivity contribution in [3.8, 4) is 0 Å². The van der Waals surface area contributed by atoms with Crippen LogP contribution in [0.3, 0.4) is 0 Å². The molecule has 106 valence electrons. The van der Waals surface area contributed by atoms with Crippen LogP contribution in [0.1, 0.15) is 18.1 Å². The van der Waals surface area contributed by atoms with E-state index in [1.807, 2.05) is 13.0 Å². The molecule has 1 atom stereocenters. The third kappa shape index (κ3) is 3.84. The van der Waals surface area contributed by atoms with Crippen molar-refractivity contribution in [3.05, 3.63) is 64.1 Å². The van der Waals surface area contributed by atoms with E-state index >= 15 is 0 Å². The number of benzene rings is 2. The van der Waals surface area contributed by atoms with Crippen molar-refractivity contribution in [1.29, 1.82) is 0 Å².